The largest absolute Gasteiger partial charge is 0.292 e. The van der Waals surface area contributed by atoms with Crippen LogP contribution in [0.5, 0.6) is 0 Å². The standard InChI is InChI=1S/C15H11N3O4/c19-13-10-3-1-2-4-11(10)14(20)12(13)17-18(22)15(21)9-5-7-16-8-6-9/h1-8,12,17,22H. The highest BCUT2D eigenvalue weighted by molar-refractivity contribution is 6.29. The van der Waals surface area contributed by atoms with Gasteiger partial charge in [0.1, 0.15) is 0 Å². The molecule has 110 valence electrons. The van der Waals surface area contributed by atoms with E-state index in [1.54, 1.807) is 12.1 Å². The van der Waals surface area contributed by atoms with Crippen molar-refractivity contribution in [1.82, 2.24) is 15.6 Å². The number of Topliss-reactive ketones (excluding diaryl/α,β-unsaturated/α-hetero) is 2. The van der Waals surface area contributed by atoms with E-state index in [4.69, 9.17) is 0 Å². The fourth-order valence-electron chi connectivity index (χ4n) is 2.26. The molecule has 1 aliphatic carbocycles. The smallest absolute Gasteiger partial charge is 0.292 e. The molecule has 7 nitrogen and oxygen atoms in total. The van der Waals surface area contributed by atoms with Gasteiger partial charge in [-0.05, 0) is 12.1 Å². The van der Waals surface area contributed by atoms with E-state index in [2.05, 4.69) is 10.4 Å². The molecule has 0 saturated carbocycles. The molecule has 0 spiro atoms. The molecule has 0 saturated heterocycles. The van der Waals surface area contributed by atoms with Crippen molar-refractivity contribution in [3.05, 3.63) is 65.5 Å². The summed E-state index contributed by atoms with van der Waals surface area (Å²) in [4.78, 5) is 40.1. The van der Waals surface area contributed by atoms with E-state index in [9.17, 15) is 19.6 Å². The van der Waals surface area contributed by atoms with Crippen molar-refractivity contribution in [3.63, 3.8) is 0 Å². The van der Waals surface area contributed by atoms with Gasteiger partial charge in [0.25, 0.3) is 5.91 Å². The third kappa shape index (κ3) is 2.28. The predicted molar refractivity (Wildman–Crippen MR) is 74.2 cm³/mol. The Labute approximate surface area is 125 Å². The highest BCUT2D eigenvalue weighted by Gasteiger charge is 2.39. The normalized spacial score (nSPS) is 14.0. The Kier molecular flexibility index (Phi) is 3.50. The minimum atomic E-state index is -1.31. The lowest BCUT2D eigenvalue weighted by molar-refractivity contribution is -0.0996. The Morgan fingerprint density at radius 2 is 1.59 bits per heavy atom. The van der Waals surface area contributed by atoms with Gasteiger partial charge in [-0.3, -0.25) is 24.6 Å². The van der Waals surface area contributed by atoms with Gasteiger partial charge in [0.2, 0.25) is 0 Å². The number of hydrogen-bond donors (Lipinski definition) is 2. The van der Waals surface area contributed by atoms with Gasteiger partial charge < -0.3 is 0 Å². The molecule has 0 aliphatic heterocycles. The zero-order valence-corrected chi connectivity index (χ0v) is 11.3. The highest BCUT2D eigenvalue weighted by Crippen LogP contribution is 2.22. The summed E-state index contributed by atoms with van der Waals surface area (Å²) in [6, 6.07) is 7.85. The summed E-state index contributed by atoms with van der Waals surface area (Å²) < 4.78 is 0. The number of carbonyl (C=O) groups is 3. The van der Waals surface area contributed by atoms with Crippen LogP contribution in [-0.4, -0.2) is 38.9 Å². The van der Waals surface area contributed by atoms with Crippen LogP contribution >= 0.6 is 0 Å². The number of amides is 1. The van der Waals surface area contributed by atoms with Gasteiger partial charge in [0.05, 0.1) is 0 Å². The molecule has 0 bridgehead atoms. The lowest BCUT2D eigenvalue weighted by Gasteiger charge is -2.18. The van der Waals surface area contributed by atoms with Gasteiger partial charge in [-0.1, -0.05) is 24.3 Å². The van der Waals surface area contributed by atoms with E-state index >= 15 is 0 Å². The summed E-state index contributed by atoms with van der Waals surface area (Å²) in [5.74, 6) is -1.76. The second-order valence-corrected chi connectivity index (χ2v) is 4.69. The van der Waals surface area contributed by atoms with Gasteiger partial charge >= 0.3 is 0 Å². The number of carbonyl (C=O) groups excluding carboxylic acids is 3. The number of ketones is 2. The topological polar surface area (TPSA) is 99.6 Å². The Hall–Kier alpha value is -2.90. The van der Waals surface area contributed by atoms with E-state index in [-0.39, 0.29) is 21.9 Å². The first-order valence-corrected chi connectivity index (χ1v) is 6.46. The van der Waals surface area contributed by atoms with Crippen LogP contribution < -0.4 is 5.43 Å². The van der Waals surface area contributed by atoms with E-state index in [1.807, 2.05) is 0 Å². The van der Waals surface area contributed by atoms with Crippen LogP contribution in [0, 0.1) is 0 Å². The van der Waals surface area contributed by atoms with Crippen molar-refractivity contribution in [2.24, 2.45) is 0 Å². The number of hydrazine groups is 1. The van der Waals surface area contributed by atoms with Crippen molar-refractivity contribution in [2.75, 3.05) is 0 Å². The molecule has 1 aromatic carbocycles. The number of pyridine rings is 1. The molecule has 7 heteroatoms. The summed E-state index contributed by atoms with van der Waals surface area (Å²) in [7, 11) is 0. The monoisotopic (exact) mass is 297 g/mol. The number of hydrogen-bond acceptors (Lipinski definition) is 6. The van der Waals surface area contributed by atoms with Crippen molar-refractivity contribution < 1.29 is 19.6 Å². The highest BCUT2D eigenvalue weighted by atomic mass is 16.6. The molecule has 1 amide bonds. The first-order valence-electron chi connectivity index (χ1n) is 6.46. The van der Waals surface area contributed by atoms with E-state index in [1.165, 1.54) is 36.7 Å². The number of benzene rings is 1. The predicted octanol–water partition coefficient (Wildman–Crippen LogP) is 0.865. The Balaban J connectivity index is 1.79. The number of nitrogens with zero attached hydrogens (tertiary/aromatic N) is 2. The summed E-state index contributed by atoms with van der Waals surface area (Å²) in [6.45, 7) is 0. The van der Waals surface area contributed by atoms with E-state index in [0.717, 1.165) is 0 Å². The summed E-state index contributed by atoms with van der Waals surface area (Å²) in [5.41, 5.74) is 2.96. The molecular weight excluding hydrogens is 286 g/mol. The summed E-state index contributed by atoms with van der Waals surface area (Å²) >= 11 is 0. The molecule has 0 fully saturated rings. The van der Waals surface area contributed by atoms with Crippen LogP contribution in [0.3, 0.4) is 0 Å². The molecule has 0 unspecified atom stereocenters. The molecule has 2 N–H and O–H groups in total. The van der Waals surface area contributed by atoms with Crippen LogP contribution in [0.1, 0.15) is 31.1 Å². The Morgan fingerprint density at radius 1 is 1.05 bits per heavy atom. The number of hydroxylamine groups is 1. The third-order valence-corrected chi connectivity index (χ3v) is 3.35. The molecular formula is C15H11N3O4. The third-order valence-electron chi connectivity index (χ3n) is 3.35. The summed E-state index contributed by atoms with van der Waals surface area (Å²) in [6.07, 6.45) is 2.78. The van der Waals surface area contributed by atoms with Crippen molar-refractivity contribution >= 4 is 17.5 Å². The maximum atomic E-state index is 12.2. The zero-order chi connectivity index (χ0) is 15.7. The molecule has 2 aromatic rings. The quantitative estimate of drug-likeness (QED) is 0.495. The first-order chi connectivity index (χ1) is 10.6. The average Bonchev–Trinajstić information content (AvgIpc) is 2.80. The van der Waals surface area contributed by atoms with Gasteiger partial charge in [0.15, 0.2) is 17.6 Å². The fraction of sp³-hybridized carbons (Fsp3) is 0.0667. The SMILES string of the molecule is O=C1c2ccccc2C(=O)C1NN(O)C(=O)c1ccncc1. The van der Waals surface area contributed by atoms with Gasteiger partial charge in [-0.2, -0.15) is 5.43 Å². The average molecular weight is 297 g/mol. The molecule has 22 heavy (non-hydrogen) atoms. The van der Waals surface area contributed by atoms with Crippen LogP contribution in [0.2, 0.25) is 0 Å². The van der Waals surface area contributed by atoms with Gasteiger partial charge in [-0.25, -0.2) is 0 Å². The summed E-state index contributed by atoms with van der Waals surface area (Å²) in [5, 5.41) is 9.95. The number of aromatic nitrogens is 1. The first kappa shape index (κ1) is 14.1. The van der Waals surface area contributed by atoms with Crippen molar-refractivity contribution in [2.45, 2.75) is 6.04 Å². The molecule has 0 radical (unpaired) electrons. The molecule has 1 heterocycles. The van der Waals surface area contributed by atoms with E-state index < -0.39 is 23.5 Å². The number of rotatable bonds is 3. The van der Waals surface area contributed by atoms with Crippen LogP contribution in [0.4, 0.5) is 0 Å². The Morgan fingerprint density at radius 3 is 2.14 bits per heavy atom. The Bertz CT molecular complexity index is 725. The minimum absolute atomic E-state index is 0.154. The second kappa shape index (κ2) is 5.47. The van der Waals surface area contributed by atoms with Crippen LogP contribution in [-0.2, 0) is 0 Å². The molecule has 0 atom stereocenters. The number of fused-ring (bicyclic) bond motifs is 1. The van der Waals surface area contributed by atoms with E-state index in [0.29, 0.717) is 0 Å². The van der Waals surface area contributed by atoms with Crippen molar-refractivity contribution in [1.29, 1.82) is 0 Å². The van der Waals surface area contributed by atoms with Crippen LogP contribution in [0.15, 0.2) is 48.8 Å². The maximum absolute atomic E-state index is 12.2. The minimum Gasteiger partial charge on any atom is -0.292 e. The zero-order valence-electron chi connectivity index (χ0n) is 11.3. The van der Waals surface area contributed by atoms with Gasteiger partial charge in [-0.15, -0.1) is 5.17 Å². The van der Waals surface area contributed by atoms with Crippen molar-refractivity contribution in [3.8, 4) is 0 Å². The number of nitrogens with one attached hydrogen (secondary N) is 1. The van der Waals surface area contributed by atoms with Gasteiger partial charge in [0, 0.05) is 29.1 Å². The lowest BCUT2D eigenvalue weighted by atomic mass is 10.1. The molecule has 3 rings (SSSR count). The maximum Gasteiger partial charge on any atom is 0.292 e. The fourth-order valence-corrected chi connectivity index (χ4v) is 2.26. The molecule has 1 aromatic heterocycles. The second-order valence-electron chi connectivity index (χ2n) is 4.69. The molecule has 1 aliphatic rings. The van der Waals surface area contributed by atoms with Crippen LogP contribution in [0.25, 0.3) is 0 Å². The lowest BCUT2D eigenvalue weighted by Crippen LogP contribution is -2.50.